The van der Waals surface area contributed by atoms with Crippen molar-refractivity contribution in [3.8, 4) is 0 Å². The second kappa shape index (κ2) is 5.84. The summed E-state index contributed by atoms with van der Waals surface area (Å²) < 4.78 is 4.67. The Bertz CT molecular complexity index is 262. The van der Waals surface area contributed by atoms with E-state index >= 15 is 0 Å². The first kappa shape index (κ1) is 13.0. The fraction of sp³-hybridized carbons (Fsp3) is 0.818. The molecular weight excluding hydrogens is 208 g/mol. The van der Waals surface area contributed by atoms with Crippen molar-refractivity contribution in [1.29, 1.82) is 0 Å². The molecule has 1 amide bonds. The van der Waals surface area contributed by atoms with Gasteiger partial charge in [0.15, 0.2) is 0 Å². The Kier molecular flexibility index (Phi) is 4.73. The van der Waals surface area contributed by atoms with E-state index in [9.17, 15) is 9.59 Å². The summed E-state index contributed by atoms with van der Waals surface area (Å²) in [5, 5.41) is 5.77. The Morgan fingerprint density at radius 1 is 1.38 bits per heavy atom. The second-order valence-electron chi connectivity index (χ2n) is 4.47. The fourth-order valence-corrected chi connectivity index (χ4v) is 1.43. The smallest absolute Gasteiger partial charge is 0.323 e. The Labute approximate surface area is 95.9 Å². The lowest BCUT2D eigenvalue weighted by Gasteiger charge is -2.19. The van der Waals surface area contributed by atoms with Crippen molar-refractivity contribution < 1.29 is 14.3 Å². The molecule has 5 nitrogen and oxygen atoms in total. The summed E-state index contributed by atoms with van der Waals surface area (Å²) in [6.07, 6.45) is 2.13. The van der Waals surface area contributed by atoms with Crippen LogP contribution in [0.15, 0.2) is 0 Å². The number of hydrogen-bond acceptors (Lipinski definition) is 4. The van der Waals surface area contributed by atoms with Gasteiger partial charge in [-0.25, -0.2) is 0 Å². The van der Waals surface area contributed by atoms with Crippen molar-refractivity contribution in [2.75, 3.05) is 13.7 Å². The zero-order valence-electron chi connectivity index (χ0n) is 10.1. The van der Waals surface area contributed by atoms with Crippen LogP contribution in [0.1, 0.15) is 26.7 Å². The maximum Gasteiger partial charge on any atom is 0.323 e. The predicted molar refractivity (Wildman–Crippen MR) is 59.8 cm³/mol. The first-order valence-electron chi connectivity index (χ1n) is 5.65. The van der Waals surface area contributed by atoms with Gasteiger partial charge < -0.3 is 10.1 Å². The maximum atomic E-state index is 11.4. The van der Waals surface area contributed by atoms with Crippen LogP contribution in [0.4, 0.5) is 0 Å². The van der Waals surface area contributed by atoms with Crippen molar-refractivity contribution in [2.24, 2.45) is 5.92 Å². The van der Waals surface area contributed by atoms with Gasteiger partial charge in [-0.1, -0.05) is 13.8 Å². The quantitative estimate of drug-likeness (QED) is 0.630. The molecule has 92 valence electrons. The topological polar surface area (TPSA) is 67.4 Å². The van der Waals surface area contributed by atoms with Gasteiger partial charge >= 0.3 is 5.97 Å². The van der Waals surface area contributed by atoms with Crippen LogP contribution in [0.2, 0.25) is 0 Å². The number of hydrogen-bond donors (Lipinski definition) is 2. The Balaban J connectivity index is 2.30. The van der Waals surface area contributed by atoms with E-state index in [2.05, 4.69) is 15.4 Å². The molecule has 1 fully saturated rings. The highest BCUT2D eigenvalue weighted by molar-refractivity contribution is 5.81. The summed E-state index contributed by atoms with van der Waals surface area (Å²) >= 11 is 0. The number of nitrogens with one attached hydrogen (secondary N) is 2. The van der Waals surface area contributed by atoms with Crippen LogP contribution in [0.25, 0.3) is 0 Å². The molecule has 0 aromatic rings. The average Bonchev–Trinajstić information content (AvgIpc) is 3.00. The first-order chi connectivity index (χ1) is 7.54. The zero-order valence-corrected chi connectivity index (χ0v) is 10.1. The number of carbonyl (C=O) groups excluding carboxylic acids is 2. The minimum absolute atomic E-state index is 0.0583. The number of carbonyl (C=O) groups is 2. The molecule has 0 aromatic carbocycles. The van der Waals surface area contributed by atoms with E-state index in [0.717, 1.165) is 12.8 Å². The molecule has 1 atom stereocenters. The number of methoxy groups -OCH3 is 1. The molecule has 2 N–H and O–H groups in total. The van der Waals surface area contributed by atoms with E-state index in [0.29, 0.717) is 6.04 Å². The lowest BCUT2D eigenvalue weighted by atomic mass is 10.0. The molecule has 0 saturated heterocycles. The van der Waals surface area contributed by atoms with E-state index in [-0.39, 0.29) is 24.3 Å². The summed E-state index contributed by atoms with van der Waals surface area (Å²) in [7, 11) is 1.35. The standard InChI is InChI=1S/C11H20N2O3/c1-7(2)10(11(15)16-3)12-6-9(14)13-8-4-5-8/h7-8,10,12H,4-6H2,1-3H3,(H,13,14). The second-order valence-corrected chi connectivity index (χ2v) is 4.47. The average molecular weight is 228 g/mol. The van der Waals surface area contributed by atoms with E-state index in [1.807, 2.05) is 13.8 Å². The van der Waals surface area contributed by atoms with Gasteiger partial charge in [0.1, 0.15) is 6.04 Å². The van der Waals surface area contributed by atoms with Crippen molar-refractivity contribution in [1.82, 2.24) is 10.6 Å². The maximum absolute atomic E-state index is 11.4. The molecule has 1 saturated carbocycles. The summed E-state index contributed by atoms with van der Waals surface area (Å²) in [6.45, 7) is 3.98. The molecule has 1 aliphatic rings. The summed E-state index contributed by atoms with van der Waals surface area (Å²) in [5.41, 5.74) is 0. The molecule has 0 bridgehead atoms. The van der Waals surface area contributed by atoms with Crippen LogP contribution in [-0.2, 0) is 14.3 Å². The number of esters is 1. The number of rotatable bonds is 6. The fourth-order valence-electron chi connectivity index (χ4n) is 1.43. The lowest BCUT2D eigenvalue weighted by molar-refractivity contribution is -0.144. The Morgan fingerprint density at radius 2 is 2.00 bits per heavy atom. The SMILES string of the molecule is COC(=O)C(NCC(=O)NC1CC1)C(C)C. The largest absolute Gasteiger partial charge is 0.468 e. The number of ether oxygens (including phenoxy) is 1. The molecule has 1 rings (SSSR count). The van der Waals surface area contributed by atoms with E-state index < -0.39 is 6.04 Å². The summed E-state index contributed by atoms with van der Waals surface area (Å²) in [5.74, 6) is -0.285. The highest BCUT2D eigenvalue weighted by Gasteiger charge is 2.26. The van der Waals surface area contributed by atoms with Gasteiger partial charge in [-0.2, -0.15) is 0 Å². The minimum Gasteiger partial charge on any atom is -0.468 e. The Hall–Kier alpha value is -1.10. The lowest BCUT2D eigenvalue weighted by Crippen LogP contribution is -2.46. The van der Waals surface area contributed by atoms with Crippen LogP contribution in [0, 0.1) is 5.92 Å². The molecular formula is C11H20N2O3. The van der Waals surface area contributed by atoms with Gasteiger partial charge in [-0.3, -0.25) is 14.9 Å². The molecule has 5 heteroatoms. The van der Waals surface area contributed by atoms with Crippen molar-refractivity contribution in [2.45, 2.75) is 38.8 Å². The van der Waals surface area contributed by atoms with E-state index in [1.54, 1.807) is 0 Å². The van der Waals surface area contributed by atoms with Crippen LogP contribution >= 0.6 is 0 Å². The summed E-state index contributed by atoms with van der Waals surface area (Å²) in [4.78, 5) is 22.8. The van der Waals surface area contributed by atoms with Crippen LogP contribution in [0.5, 0.6) is 0 Å². The number of amides is 1. The van der Waals surface area contributed by atoms with Crippen molar-refractivity contribution in [3.05, 3.63) is 0 Å². The molecule has 0 aromatic heterocycles. The van der Waals surface area contributed by atoms with Crippen LogP contribution in [0.3, 0.4) is 0 Å². The summed E-state index contributed by atoms with van der Waals surface area (Å²) in [6, 6.07) is -0.0696. The van der Waals surface area contributed by atoms with Gasteiger partial charge in [0.05, 0.1) is 13.7 Å². The Morgan fingerprint density at radius 3 is 2.44 bits per heavy atom. The van der Waals surface area contributed by atoms with Gasteiger partial charge in [-0.05, 0) is 18.8 Å². The molecule has 16 heavy (non-hydrogen) atoms. The van der Waals surface area contributed by atoms with E-state index in [4.69, 9.17) is 0 Å². The zero-order chi connectivity index (χ0) is 12.1. The predicted octanol–water partition coefficient (Wildman–Crippen LogP) is 0.0522. The van der Waals surface area contributed by atoms with Gasteiger partial charge in [0.25, 0.3) is 0 Å². The molecule has 0 aliphatic heterocycles. The van der Waals surface area contributed by atoms with Gasteiger partial charge in [0.2, 0.25) is 5.91 Å². The van der Waals surface area contributed by atoms with Crippen molar-refractivity contribution >= 4 is 11.9 Å². The third kappa shape index (κ3) is 4.18. The molecule has 1 unspecified atom stereocenters. The van der Waals surface area contributed by atoms with E-state index in [1.165, 1.54) is 7.11 Å². The van der Waals surface area contributed by atoms with Crippen LogP contribution in [-0.4, -0.2) is 37.6 Å². The van der Waals surface area contributed by atoms with Gasteiger partial charge in [-0.15, -0.1) is 0 Å². The first-order valence-corrected chi connectivity index (χ1v) is 5.65. The third-order valence-corrected chi connectivity index (χ3v) is 2.55. The molecule has 0 heterocycles. The molecule has 1 aliphatic carbocycles. The minimum atomic E-state index is -0.421. The molecule has 0 spiro atoms. The molecule has 0 radical (unpaired) electrons. The highest BCUT2D eigenvalue weighted by atomic mass is 16.5. The monoisotopic (exact) mass is 228 g/mol. The normalized spacial score (nSPS) is 17.0. The van der Waals surface area contributed by atoms with Gasteiger partial charge in [0, 0.05) is 6.04 Å². The highest BCUT2D eigenvalue weighted by Crippen LogP contribution is 2.18. The van der Waals surface area contributed by atoms with Crippen LogP contribution < -0.4 is 10.6 Å². The van der Waals surface area contributed by atoms with Crippen molar-refractivity contribution in [3.63, 3.8) is 0 Å². The third-order valence-electron chi connectivity index (χ3n) is 2.55.